The largest absolute Gasteiger partial charge is 0.314 e. The Balaban J connectivity index is 1.62. The number of hydrogen-bond donors (Lipinski definition) is 1. The summed E-state index contributed by atoms with van der Waals surface area (Å²) >= 11 is 0. The molecule has 1 aliphatic carbocycles. The monoisotopic (exact) mass is 209 g/mol. The zero-order valence-electron chi connectivity index (χ0n) is 10.1. The van der Waals surface area contributed by atoms with E-state index in [-0.39, 0.29) is 0 Å². The molecule has 1 atom stereocenters. The van der Waals surface area contributed by atoms with E-state index < -0.39 is 0 Å². The Hall–Kier alpha value is -0.0400. The first-order valence-corrected chi connectivity index (χ1v) is 7.18. The van der Waals surface area contributed by atoms with Crippen molar-refractivity contribution in [3.05, 3.63) is 0 Å². The van der Waals surface area contributed by atoms with Crippen LogP contribution in [-0.4, -0.2) is 12.6 Å². The molecule has 0 aromatic carbocycles. The minimum atomic E-state index is 0.856. The second-order valence-electron chi connectivity index (χ2n) is 5.58. The quantitative estimate of drug-likeness (QED) is 0.744. The minimum absolute atomic E-state index is 0.856. The first-order valence-electron chi connectivity index (χ1n) is 7.18. The number of rotatable bonds is 3. The second-order valence-corrected chi connectivity index (χ2v) is 5.58. The van der Waals surface area contributed by atoms with Crippen LogP contribution in [-0.2, 0) is 0 Å². The molecule has 1 saturated carbocycles. The molecule has 15 heavy (non-hydrogen) atoms. The van der Waals surface area contributed by atoms with Crippen molar-refractivity contribution in [1.29, 1.82) is 0 Å². The zero-order valence-corrected chi connectivity index (χ0v) is 10.1. The molecule has 0 radical (unpaired) electrons. The highest BCUT2D eigenvalue weighted by atomic mass is 14.9. The number of hydrogen-bond acceptors (Lipinski definition) is 1. The average Bonchev–Trinajstić information content (AvgIpc) is 2.56. The predicted molar refractivity (Wildman–Crippen MR) is 66.1 cm³/mol. The first kappa shape index (κ1) is 11.4. The molecule has 0 aromatic heterocycles. The summed E-state index contributed by atoms with van der Waals surface area (Å²) in [7, 11) is 0. The Kier molecular flexibility index (Phi) is 4.98. The van der Waals surface area contributed by atoms with Gasteiger partial charge in [-0.3, -0.25) is 0 Å². The van der Waals surface area contributed by atoms with Crippen molar-refractivity contribution in [2.24, 2.45) is 5.92 Å². The molecule has 2 rings (SSSR count). The van der Waals surface area contributed by atoms with Crippen molar-refractivity contribution in [1.82, 2.24) is 5.32 Å². The molecule has 1 unspecified atom stereocenters. The standard InChI is InChI=1S/C14H27N/c1-3-7-13(8-4-1)10-11-14-9-5-2-6-12-15-14/h13-15H,1-12H2. The van der Waals surface area contributed by atoms with Gasteiger partial charge in [0.2, 0.25) is 0 Å². The predicted octanol–water partition coefficient (Wildman–Crippen LogP) is 3.88. The Labute approximate surface area is 95.0 Å². The summed E-state index contributed by atoms with van der Waals surface area (Å²) in [6, 6.07) is 0.856. The molecule has 1 aliphatic heterocycles. The van der Waals surface area contributed by atoms with Crippen molar-refractivity contribution >= 4 is 0 Å². The van der Waals surface area contributed by atoms with Gasteiger partial charge >= 0.3 is 0 Å². The lowest BCUT2D eigenvalue weighted by molar-refractivity contribution is 0.311. The van der Waals surface area contributed by atoms with Gasteiger partial charge in [-0.15, -0.1) is 0 Å². The summed E-state index contributed by atoms with van der Waals surface area (Å²) < 4.78 is 0. The van der Waals surface area contributed by atoms with E-state index in [4.69, 9.17) is 0 Å². The van der Waals surface area contributed by atoms with Crippen molar-refractivity contribution in [3.63, 3.8) is 0 Å². The maximum atomic E-state index is 3.72. The van der Waals surface area contributed by atoms with Crippen molar-refractivity contribution < 1.29 is 0 Å². The van der Waals surface area contributed by atoms with Gasteiger partial charge in [-0.1, -0.05) is 44.9 Å². The molecular weight excluding hydrogens is 182 g/mol. The zero-order chi connectivity index (χ0) is 10.3. The van der Waals surface area contributed by atoms with Crippen LogP contribution in [0.2, 0.25) is 0 Å². The third-order valence-corrected chi connectivity index (χ3v) is 4.31. The van der Waals surface area contributed by atoms with Crippen LogP contribution >= 0.6 is 0 Å². The summed E-state index contributed by atoms with van der Waals surface area (Å²) in [4.78, 5) is 0. The molecule has 0 spiro atoms. The van der Waals surface area contributed by atoms with Crippen LogP contribution < -0.4 is 5.32 Å². The Morgan fingerprint density at radius 2 is 1.47 bits per heavy atom. The van der Waals surface area contributed by atoms with Crippen molar-refractivity contribution in [2.75, 3.05) is 6.54 Å². The van der Waals surface area contributed by atoms with Crippen LogP contribution in [0.25, 0.3) is 0 Å². The van der Waals surface area contributed by atoms with E-state index in [9.17, 15) is 0 Å². The highest BCUT2D eigenvalue weighted by Crippen LogP contribution is 2.28. The molecular formula is C14H27N. The number of nitrogens with one attached hydrogen (secondary N) is 1. The van der Waals surface area contributed by atoms with Crippen molar-refractivity contribution in [2.45, 2.75) is 76.7 Å². The Morgan fingerprint density at radius 3 is 2.33 bits per heavy atom. The highest BCUT2D eigenvalue weighted by molar-refractivity contribution is 4.74. The van der Waals surface area contributed by atoms with Gasteiger partial charge in [-0.05, 0) is 38.1 Å². The van der Waals surface area contributed by atoms with Crippen LogP contribution in [0, 0.1) is 5.92 Å². The second kappa shape index (κ2) is 6.52. The van der Waals surface area contributed by atoms with Gasteiger partial charge in [0, 0.05) is 6.04 Å². The molecule has 1 nitrogen and oxygen atoms in total. The Morgan fingerprint density at radius 1 is 0.733 bits per heavy atom. The summed E-state index contributed by atoms with van der Waals surface area (Å²) in [5, 5.41) is 3.72. The summed E-state index contributed by atoms with van der Waals surface area (Å²) in [5.41, 5.74) is 0. The van der Waals surface area contributed by atoms with Crippen LogP contribution in [0.3, 0.4) is 0 Å². The van der Waals surface area contributed by atoms with Crippen LogP contribution in [0.5, 0.6) is 0 Å². The molecule has 1 heteroatoms. The molecule has 0 aromatic rings. The molecule has 2 aliphatic rings. The van der Waals surface area contributed by atoms with E-state index in [0.717, 1.165) is 12.0 Å². The van der Waals surface area contributed by atoms with Crippen LogP contribution in [0.1, 0.15) is 70.6 Å². The third-order valence-electron chi connectivity index (χ3n) is 4.31. The topological polar surface area (TPSA) is 12.0 Å². The van der Waals surface area contributed by atoms with Crippen molar-refractivity contribution in [3.8, 4) is 0 Å². The molecule has 1 heterocycles. The Bertz CT molecular complexity index is 153. The van der Waals surface area contributed by atoms with Gasteiger partial charge in [0.25, 0.3) is 0 Å². The highest BCUT2D eigenvalue weighted by Gasteiger charge is 2.16. The van der Waals surface area contributed by atoms with Crippen LogP contribution in [0.15, 0.2) is 0 Å². The van der Waals surface area contributed by atoms with E-state index >= 15 is 0 Å². The van der Waals surface area contributed by atoms with E-state index in [1.807, 2.05) is 0 Å². The van der Waals surface area contributed by atoms with E-state index in [1.165, 1.54) is 77.2 Å². The SMILES string of the molecule is C1CCC(CCC2CCCCCN2)CC1. The van der Waals surface area contributed by atoms with Gasteiger partial charge in [-0.25, -0.2) is 0 Å². The van der Waals surface area contributed by atoms with Gasteiger partial charge in [-0.2, -0.15) is 0 Å². The maximum Gasteiger partial charge on any atom is 0.00671 e. The summed E-state index contributed by atoms with van der Waals surface area (Å²) in [6.45, 7) is 1.27. The maximum absolute atomic E-state index is 3.72. The normalized spacial score (nSPS) is 30.0. The average molecular weight is 209 g/mol. The van der Waals surface area contributed by atoms with E-state index in [1.54, 1.807) is 0 Å². The lowest BCUT2D eigenvalue weighted by Gasteiger charge is -2.24. The summed E-state index contributed by atoms with van der Waals surface area (Å²) in [5.74, 6) is 1.07. The molecule has 0 amide bonds. The lowest BCUT2D eigenvalue weighted by Crippen LogP contribution is -2.28. The van der Waals surface area contributed by atoms with E-state index in [2.05, 4.69) is 5.32 Å². The molecule has 2 fully saturated rings. The molecule has 0 bridgehead atoms. The lowest BCUT2D eigenvalue weighted by atomic mass is 9.85. The van der Waals surface area contributed by atoms with E-state index in [0.29, 0.717) is 0 Å². The first-order chi connectivity index (χ1) is 7.45. The molecule has 88 valence electrons. The fraction of sp³-hybridized carbons (Fsp3) is 1.00. The van der Waals surface area contributed by atoms with Crippen LogP contribution in [0.4, 0.5) is 0 Å². The molecule has 1 N–H and O–H groups in total. The minimum Gasteiger partial charge on any atom is -0.314 e. The van der Waals surface area contributed by atoms with Gasteiger partial charge in [0.05, 0.1) is 0 Å². The summed E-state index contributed by atoms with van der Waals surface area (Å²) in [6.07, 6.45) is 16.2. The fourth-order valence-electron chi connectivity index (χ4n) is 3.26. The third kappa shape index (κ3) is 4.14. The fourth-order valence-corrected chi connectivity index (χ4v) is 3.26. The smallest absolute Gasteiger partial charge is 0.00671 e. The molecule has 1 saturated heterocycles. The van der Waals surface area contributed by atoms with Gasteiger partial charge < -0.3 is 5.32 Å². The van der Waals surface area contributed by atoms with Gasteiger partial charge in [0.15, 0.2) is 0 Å². The van der Waals surface area contributed by atoms with Gasteiger partial charge in [0.1, 0.15) is 0 Å².